The lowest BCUT2D eigenvalue weighted by molar-refractivity contribution is 1.48. The van der Waals surface area contributed by atoms with Crippen LogP contribution in [0, 0.1) is 11.3 Å². The molecule has 0 spiro atoms. The van der Waals surface area contributed by atoms with E-state index in [1.165, 1.54) is 62.6 Å². The van der Waals surface area contributed by atoms with Gasteiger partial charge in [0.15, 0.2) is 0 Å². The Bertz CT molecular complexity index is 2160. The Kier molecular flexibility index (Phi) is 5.31. The third kappa shape index (κ3) is 3.66. The number of benzene rings is 6. The lowest BCUT2D eigenvalue weighted by Crippen LogP contribution is -1.91. The maximum Gasteiger partial charge on any atom is 0.0991 e. The molecule has 0 radical (unpaired) electrons. The highest BCUT2D eigenvalue weighted by molar-refractivity contribution is 7.26. The standard InChI is InChI=1S/C37H21NS2/c38-22-23-7-5-8-26(19-23)37-27(24-15-17-31-29-9-1-3-13-33(29)39-35(31)20-24)11-6-12-28(37)25-16-18-32-30-10-2-4-14-34(30)40-36(32)21-25/h1-21H. The molecule has 186 valence electrons. The van der Waals surface area contributed by atoms with Crippen molar-refractivity contribution in [2.24, 2.45) is 0 Å². The third-order valence-electron chi connectivity index (χ3n) is 7.72. The quantitative estimate of drug-likeness (QED) is 0.217. The molecule has 0 unspecified atom stereocenters. The molecule has 2 heterocycles. The molecule has 0 N–H and O–H groups in total. The van der Waals surface area contributed by atoms with Gasteiger partial charge in [-0.2, -0.15) is 5.26 Å². The molecule has 2 aromatic heterocycles. The highest BCUT2D eigenvalue weighted by Crippen LogP contribution is 2.44. The molecule has 0 saturated carbocycles. The summed E-state index contributed by atoms with van der Waals surface area (Å²) in [6.07, 6.45) is 0. The first-order valence-electron chi connectivity index (χ1n) is 13.2. The van der Waals surface area contributed by atoms with Gasteiger partial charge in [0.05, 0.1) is 11.6 Å². The fourth-order valence-electron chi connectivity index (χ4n) is 5.88. The SMILES string of the molecule is N#Cc1cccc(-c2c(-c3ccc4c(c3)sc3ccccc34)cccc2-c2ccc3c(c2)sc2ccccc23)c1. The summed E-state index contributed by atoms with van der Waals surface area (Å²) in [6.45, 7) is 0. The molecule has 3 heteroatoms. The molecule has 0 fully saturated rings. The number of nitrogens with zero attached hydrogens (tertiary/aromatic N) is 1. The number of nitriles is 1. The molecule has 0 aliphatic carbocycles. The second kappa shape index (κ2) is 9.17. The molecule has 8 rings (SSSR count). The van der Waals surface area contributed by atoms with Crippen LogP contribution in [-0.2, 0) is 0 Å². The zero-order valence-electron chi connectivity index (χ0n) is 21.4. The van der Waals surface area contributed by atoms with Gasteiger partial charge >= 0.3 is 0 Å². The van der Waals surface area contributed by atoms with E-state index in [2.05, 4.69) is 115 Å². The second-order valence-corrected chi connectivity index (χ2v) is 12.2. The molecular formula is C37H21NS2. The topological polar surface area (TPSA) is 23.8 Å². The van der Waals surface area contributed by atoms with E-state index < -0.39 is 0 Å². The second-order valence-electron chi connectivity index (χ2n) is 10.0. The van der Waals surface area contributed by atoms with E-state index in [1.54, 1.807) is 0 Å². The van der Waals surface area contributed by atoms with Crippen LogP contribution in [0.4, 0.5) is 0 Å². The van der Waals surface area contributed by atoms with Crippen molar-refractivity contribution in [2.45, 2.75) is 0 Å². The summed E-state index contributed by atoms with van der Waals surface area (Å²) in [5.41, 5.74) is 7.57. The normalized spacial score (nSPS) is 11.5. The summed E-state index contributed by atoms with van der Waals surface area (Å²) < 4.78 is 5.18. The molecule has 0 bridgehead atoms. The highest BCUT2D eigenvalue weighted by Gasteiger charge is 2.17. The predicted molar refractivity (Wildman–Crippen MR) is 173 cm³/mol. The molecule has 0 atom stereocenters. The van der Waals surface area contributed by atoms with Crippen molar-refractivity contribution < 1.29 is 0 Å². The summed E-state index contributed by atoms with van der Waals surface area (Å²) in [5.74, 6) is 0. The Morgan fingerprint density at radius 1 is 0.425 bits per heavy atom. The number of hydrogen-bond donors (Lipinski definition) is 0. The minimum atomic E-state index is 0.665. The fourth-order valence-corrected chi connectivity index (χ4v) is 8.17. The smallest absolute Gasteiger partial charge is 0.0991 e. The largest absolute Gasteiger partial charge is 0.192 e. The van der Waals surface area contributed by atoms with Gasteiger partial charge in [0.2, 0.25) is 0 Å². The van der Waals surface area contributed by atoms with Gasteiger partial charge in [-0.25, -0.2) is 0 Å². The van der Waals surface area contributed by atoms with Gasteiger partial charge in [0.25, 0.3) is 0 Å². The summed E-state index contributed by atoms with van der Waals surface area (Å²) in [4.78, 5) is 0. The van der Waals surface area contributed by atoms with Crippen molar-refractivity contribution in [1.29, 1.82) is 5.26 Å². The van der Waals surface area contributed by atoms with Crippen LogP contribution in [0.3, 0.4) is 0 Å². The monoisotopic (exact) mass is 543 g/mol. The average Bonchev–Trinajstić information content (AvgIpc) is 3.58. The van der Waals surface area contributed by atoms with Crippen LogP contribution in [0.25, 0.3) is 73.7 Å². The average molecular weight is 544 g/mol. The maximum absolute atomic E-state index is 9.71. The van der Waals surface area contributed by atoms with E-state index in [4.69, 9.17) is 0 Å². The predicted octanol–water partition coefficient (Wildman–Crippen LogP) is 11.3. The first-order chi connectivity index (χ1) is 19.8. The van der Waals surface area contributed by atoms with Gasteiger partial charge in [0, 0.05) is 40.3 Å². The lowest BCUT2D eigenvalue weighted by Gasteiger charge is -2.17. The maximum atomic E-state index is 9.71. The van der Waals surface area contributed by atoms with E-state index in [0.29, 0.717) is 5.56 Å². The molecule has 8 aromatic rings. The lowest BCUT2D eigenvalue weighted by atomic mass is 9.87. The molecule has 0 aliphatic rings. The van der Waals surface area contributed by atoms with E-state index in [9.17, 15) is 5.26 Å². The molecule has 0 saturated heterocycles. The van der Waals surface area contributed by atoms with Gasteiger partial charge in [-0.05, 0) is 69.8 Å². The van der Waals surface area contributed by atoms with Crippen LogP contribution in [0.1, 0.15) is 5.56 Å². The van der Waals surface area contributed by atoms with E-state index in [0.717, 1.165) is 11.1 Å². The van der Waals surface area contributed by atoms with Crippen LogP contribution in [0.5, 0.6) is 0 Å². The van der Waals surface area contributed by atoms with Crippen molar-refractivity contribution in [3.05, 3.63) is 133 Å². The van der Waals surface area contributed by atoms with Crippen LogP contribution >= 0.6 is 22.7 Å². The first kappa shape index (κ1) is 23.2. The van der Waals surface area contributed by atoms with Crippen molar-refractivity contribution >= 4 is 63.0 Å². The van der Waals surface area contributed by atoms with E-state index in [-0.39, 0.29) is 0 Å². The van der Waals surface area contributed by atoms with Crippen molar-refractivity contribution in [1.82, 2.24) is 0 Å². The summed E-state index contributed by atoms with van der Waals surface area (Å²) in [7, 11) is 0. The van der Waals surface area contributed by atoms with Crippen molar-refractivity contribution in [2.75, 3.05) is 0 Å². The molecule has 6 aromatic carbocycles. The number of rotatable bonds is 3. The Labute approximate surface area is 239 Å². The summed E-state index contributed by atoms with van der Waals surface area (Å²) in [5, 5.41) is 14.9. The zero-order chi connectivity index (χ0) is 26.6. The summed E-state index contributed by atoms with van der Waals surface area (Å²) in [6, 6.07) is 47.8. The Morgan fingerprint density at radius 2 is 0.950 bits per heavy atom. The minimum absolute atomic E-state index is 0.665. The van der Waals surface area contributed by atoms with Crippen LogP contribution < -0.4 is 0 Å². The third-order valence-corrected chi connectivity index (χ3v) is 9.99. The Hall–Kier alpha value is -4.75. The molecule has 0 aliphatic heterocycles. The van der Waals surface area contributed by atoms with Gasteiger partial charge in [0.1, 0.15) is 0 Å². The molecule has 1 nitrogen and oxygen atoms in total. The van der Waals surface area contributed by atoms with Crippen LogP contribution in [0.15, 0.2) is 127 Å². The van der Waals surface area contributed by atoms with Crippen molar-refractivity contribution in [3.63, 3.8) is 0 Å². The van der Waals surface area contributed by atoms with Crippen LogP contribution in [-0.4, -0.2) is 0 Å². The van der Waals surface area contributed by atoms with Crippen molar-refractivity contribution in [3.8, 4) is 39.4 Å². The minimum Gasteiger partial charge on any atom is -0.192 e. The van der Waals surface area contributed by atoms with E-state index >= 15 is 0 Å². The fraction of sp³-hybridized carbons (Fsp3) is 0. The number of fused-ring (bicyclic) bond motifs is 6. The molecule has 40 heavy (non-hydrogen) atoms. The van der Waals surface area contributed by atoms with Gasteiger partial charge in [-0.1, -0.05) is 91.0 Å². The zero-order valence-corrected chi connectivity index (χ0v) is 23.0. The molecular weight excluding hydrogens is 523 g/mol. The van der Waals surface area contributed by atoms with Gasteiger partial charge in [-0.15, -0.1) is 22.7 Å². The first-order valence-corrected chi connectivity index (χ1v) is 14.9. The van der Waals surface area contributed by atoms with Crippen LogP contribution in [0.2, 0.25) is 0 Å². The van der Waals surface area contributed by atoms with Gasteiger partial charge < -0.3 is 0 Å². The Balaban J connectivity index is 1.38. The highest BCUT2D eigenvalue weighted by atomic mass is 32.1. The van der Waals surface area contributed by atoms with Gasteiger partial charge in [-0.3, -0.25) is 0 Å². The molecule has 0 amide bonds. The number of hydrogen-bond acceptors (Lipinski definition) is 3. The Morgan fingerprint density at radius 3 is 1.52 bits per heavy atom. The number of thiophene rings is 2. The van der Waals surface area contributed by atoms with E-state index in [1.807, 2.05) is 40.9 Å². The summed E-state index contributed by atoms with van der Waals surface area (Å²) >= 11 is 3.68.